The maximum atomic E-state index is 12.9. The summed E-state index contributed by atoms with van der Waals surface area (Å²) in [5.41, 5.74) is 5.08. The Kier molecular flexibility index (Phi) is 5.60. The molecule has 0 radical (unpaired) electrons. The number of anilines is 2. The minimum absolute atomic E-state index is 0.00463. The fourth-order valence-electron chi connectivity index (χ4n) is 4.19. The molecule has 182 valence electrons. The Labute approximate surface area is 203 Å². The van der Waals surface area contributed by atoms with Crippen molar-refractivity contribution >= 4 is 38.1 Å². The molecule has 0 unspecified atom stereocenters. The fourth-order valence-corrected chi connectivity index (χ4v) is 5.20. The van der Waals surface area contributed by atoms with E-state index in [0.717, 1.165) is 27.7 Å². The molecule has 35 heavy (non-hydrogen) atoms. The van der Waals surface area contributed by atoms with E-state index in [-0.39, 0.29) is 5.75 Å². The topological polar surface area (TPSA) is 113 Å². The van der Waals surface area contributed by atoms with Gasteiger partial charge in [0.15, 0.2) is 17.5 Å². The van der Waals surface area contributed by atoms with E-state index in [0.29, 0.717) is 35.1 Å². The molecule has 0 atom stereocenters. The molecule has 11 heteroatoms. The molecule has 0 aliphatic carbocycles. The molecule has 1 aromatic carbocycles. The van der Waals surface area contributed by atoms with Gasteiger partial charge in [-0.3, -0.25) is 5.10 Å². The SMILES string of the molecule is CCS(=O)(=O)n1cc(CN(C)C)c2ccc(-c3nc(Nc4cc(C)[nH]n4)c4cc(C)cn4n3)cc21. The number of H-pyrrole nitrogens is 1. The van der Waals surface area contributed by atoms with Crippen molar-refractivity contribution in [3.8, 4) is 11.4 Å². The van der Waals surface area contributed by atoms with Crippen molar-refractivity contribution in [2.45, 2.75) is 27.3 Å². The molecule has 0 aliphatic heterocycles. The van der Waals surface area contributed by atoms with Crippen molar-refractivity contribution in [2.75, 3.05) is 25.2 Å². The Morgan fingerprint density at radius 3 is 2.57 bits per heavy atom. The highest BCUT2D eigenvalue weighted by atomic mass is 32.2. The van der Waals surface area contributed by atoms with Crippen molar-refractivity contribution in [2.24, 2.45) is 0 Å². The van der Waals surface area contributed by atoms with Crippen molar-refractivity contribution in [3.63, 3.8) is 0 Å². The monoisotopic (exact) mass is 492 g/mol. The van der Waals surface area contributed by atoms with E-state index in [1.165, 1.54) is 3.97 Å². The average molecular weight is 493 g/mol. The zero-order valence-corrected chi connectivity index (χ0v) is 21.2. The number of benzene rings is 1. The van der Waals surface area contributed by atoms with Crippen LogP contribution in [-0.4, -0.2) is 61.9 Å². The summed E-state index contributed by atoms with van der Waals surface area (Å²) in [6.45, 7) is 6.21. The molecule has 0 saturated carbocycles. The van der Waals surface area contributed by atoms with Crippen molar-refractivity contribution < 1.29 is 8.42 Å². The van der Waals surface area contributed by atoms with Crippen LogP contribution in [0.2, 0.25) is 0 Å². The smallest absolute Gasteiger partial charge is 0.238 e. The molecule has 2 N–H and O–H groups in total. The first-order valence-electron chi connectivity index (χ1n) is 11.3. The Hall–Kier alpha value is -3.70. The molecule has 0 bridgehead atoms. The minimum Gasteiger partial charge on any atom is -0.322 e. The summed E-state index contributed by atoms with van der Waals surface area (Å²) in [4.78, 5) is 6.82. The first-order valence-corrected chi connectivity index (χ1v) is 12.9. The molecule has 0 aliphatic rings. The van der Waals surface area contributed by atoms with Crippen molar-refractivity contribution in [1.82, 2.24) is 33.7 Å². The molecule has 10 nitrogen and oxygen atoms in total. The molecule has 4 heterocycles. The lowest BCUT2D eigenvalue weighted by Crippen LogP contribution is -2.14. The molecular weight excluding hydrogens is 464 g/mol. The summed E-state index contributed by atoms with van der Waals surface area (Å²) in [5.74, 6) is 1.74. The number of aromatic nitrogens is 6. The van der Waals surface area contributed by atoms with Gasteiger partial charge in [-0.25, -0.2) is 21.9 Å². The predicted molar refractivity (Wildman–Crippen MR) is 138 cm³/mol. The van der Waals surface area contributed by atoms with Gasteiger partial charge < -0.3 is 10.2 Å². The molecule has 4 aromatic heterocycles. The van der Waals surface area contributed by atoms with Gasteiger partial charge in [0.1, 0.15) is 5.52 Å². The number of hydrogen-bond acceptors (Lipinski definition) is 7. The molecule has 0 saturated heterocycles. The normalized spacial score (nSPS) is 12.3. The number of nitrogens with one attached hydrogen (secondary N) is 2. The first-order chi connectivity index (χ1) is 16.6. The van der Waals surface area contributed by atoms with Crippen molar-refractivity contribution in [3.05, 3.63) is 59.5 Å². The Balaban J connectivity index is 1.69. The van der Waals surface area contributed by atoms with E-state index in [4.69, 9.17) is 10.1 Å². The zero-order chi connectivity index (χ0) is 24.9. The Bertz CT molecular complexity index is 1660. The highest BCUT2D eigenvalue weighted by Gasteiger charge is 2.20. The van der Waals surface area contributed by atoms with Crippen LogP contribution in [0.25, 0.3) is 27.8 Å². The van der Waals surface area contributed by atoms with Gasteiger partial charge in [-0.05, 0) is 58.1 Å². The number of fused-ring (bicyclic) bond motifs is 2. The quantitative estimate of drug-likeness (QED) is 0.356. The van der Waals surface area contributed by atoms with E-state index < -0.39 is 10.0 Å². The van der Waals surface area contributed by atoms with Crippen LogP contribution in [0.1, 0.15) is 23.7 Å². The summed E-state index contributed by atoms with van der Waals surface area (Å²) in [7, 11) is 0.435. The van der Waals surface area contributed by atoms with Crippen LogP contribution in [-0.2, 0) is 16.6 Å². The van der Waals surface area contributed by atoms with Gasteiger partial charge in [-0.15, -0.1) is 5.10 Å². The van der Waals surface area contributed by atoms with Gasteiger partial charge in [0, 0.05) is 41.6 Å². The third-order valence-corrected chi connectivity index (χ3v) is 7.45. The summed E-state index contributed by atoms with van der Waals surface area (Å²) in [5, 5.41) is 16.1. The van der Waals surface area contributed by atoms with Crippen LogP contribution in [0.15, 0.2) is 42.7 Å². The van der Waals surface area contributed by atoms with Gasteiger partial charge in [-0.2, -0.15) is 5.10 Å². The molecular formula is C24H28N8O2S. The number of aryl methyl sites for hydroxylation is 2. The number of aromatic amines is 1. The van der Waals surface area contributed by atoms with Gasteiger partial charge in [0.2, 0.25) is 10.0 Å². The second-order valence-corrected chi connectivity index (χ2v) is 11.1. The van der Waals surface area contributed by atoms with Gasteiger partial charge >= 0.3 is 0 Å². The maximum absolute atomic E-state index is 12.9. The molecule has 0 amide bonds. The second kappa shape index (κ2) is 8.51. The van der Waals surface area contributed by atoms with Crippen LogP contribution in [0.5, 0.6) is 0 Å². The van der Waals surface area contributed by atoms with E-state index in [2.05, 4.69) is 15.5 Å². The third-order valence-electron chi connectivity index (χ3n) is 5.82. The minimum atomic E-state index is -3.49. The number of hydrogen-bond donors (Lipinski definition) is 2. The lowest BCUT2D eigenvalue weighted by Gasteiger charge is -2.10. The van der Waals surface area contributed by atoms with E-state index in [9.17, 15) is 8.42 Å². The van der Waals surface area contributed by atoms with Crippen LogP contribution in [0, 0.1) is 13.8 Å². The Morgan fingerprint density at radius 1 is 1.09 bits per heavy atom. The lowest BCUT2D eigenvalue weighted by atomic mass is 10.1. The Morgan fingerprint density at radius 2 is 1.89 bits per heavy atom. The largest absolute Gasteiger partial charge is 0.322 e. The van der Waals surface area contributed by atoms with E-state index in [1.807, 2.05) is 69.4 Å². The summed E-state index contributed by atoms with van der Waals surface area (Å²) in [6, 6.07) is 9.63. The molecule has 5 aromatic rings. The first kappa shape index (κ1) is 23.1. The van der Waals surface area contributed by atoms with Crippen LogP contribution < -0.4 is 5.32 Å². The van der Waals surface area contributed by atoms with Gasteiger partial charge in [0.25, 0.3) is 0 Å². The summed E-state index contributed by atoms with van der Waals surface area (Å²) >= 11 is 0. The highest BCUT2D eigenvalue weighted by Crippen LogP contribution is 2.30. The third kappa shape index (κ3) is 4.28. The zero-order valence-electron chi connectivity index (χ0n) is 20.4. The van der Waals surface area contributed by atoms with Gasteiger partial charge in [-0.1, -0.05) is 12.1 Å². The van der Waals surface area contributed by atoms with Crippen molar-refractivity contribution in [1.29, 1.82) is 0 Å². The fraction of sp³-hybridized carbons (Fsp3) is 0.292. The van der Waals surface area contributed by atoms with Crippen LogP contribution >= 0.6 is 0 Å². The van der Waals surface area contributed by atoms with Crippen LogP contribution in [0.4, 0.5) is 11.6 Å². The maximum Gasteiger partial charge on any atom is 0.238 e. The van der Waals surface area contributed by atoms with E-state index in [1.54, 1.807) is 17.6 Å². The second-order valence-electron chi connectivity index (χ2n) is 9.01. The van der Waals surface area contributed by atoms with Crippen LogP contribution in [0.3, 0.4) is 0 Å². The summed E-state index contributed by atoms with van der Waals surface area (Å²) in [6.07, 6.45) is 3.65. The number of nitrogens with zero attached hydrogens (tertiary/aromatic N) is 6. The molecule has 5 rings (SSSR count). The van der Waals surface area contributed by atoms with Gasteiger partial charge in [0.05, 0.1) is 11.3 Å². The standard InChI is InChI=1S/C24H28N8O2S/c1-6-35(33,34)32-14-18(13-30(4)5)19-8-7-17(11-20(19)32)23-26-24(25-22-10-16(3)27-28-22)21-9-15(2)12-31(21)29-23/h7-12,14H,6,13H2,1-5H3,(H2,25,26,27,28,29). The average Bonchev–Trinajstić information content (AvgIpc) is 3.49. The predicted octanol–water partition coefficient (Wildman–Crippen LogP) is 3.69. The lowest BCUT2D eigenvalue weighted by molar-refractivity contribution is 0.404. The molecule has 0 spiro atoms. The van der Waals surface area contributed by atoms with E-state index >= 15 is 0 Å². The number of rotatable bonds is 7. The molecule has 0 fully saturated rings. The highest BCUT2D eigenvalue weighted by molar-refractivity contribution is 7.90. The summed E-state index contributed by atoms with van der Waals surface area (Å²) < 4.78 is 28.9.